The van der Waals surface area contributed by atoms with Crippen LogP contribution in [-0.4, -0.2) is 42.0 Å². The van der Waals surface area contributed by atoms with Crippen molar-refractivity contribution >= 4 is 43.4 Å². The summed E-state index contributed by atoms with van der Waals surface area (Å²) in [5.74, 6) is 0.671. The fourth-order valence-corrected chi connectivity index (χ4v) is 5.39. The fourth-order valence-electron chi connectivity index (χ4n) is 4.34. The van der Waals surface area contributed by atoms with Crippen molar-refractivity contribution in [3.05, 3.63) is 71.8 Å². The Labute approximate surface area is 187 Å². The second-order valence-electron chi connectivity index (χ2n) is 8.57. The van der Waals surface area contributed by atoms with Gasteiger partial charge in [-0.1, -0.05) is 79.8 Å². The van der Waals surface area contributed by atoms with Crippen LogP contribution in [0.1, 0.15) is 30.9 Å². The highest BCUT2D eigenvalue weighted by Gasteiger charge is 2.23. The van der Waals surface area contributed by atoms with Crippen LogP contribution in [0.2, 0.25) is 0 Å². The second-order valence-corrected chi connectivity index (χ2v) is 9.58. The van der Waals surface area contributed by atoms with Crippen LogP contribution < -0.4 is 4.90 Å². The van der Waals surface area contributed by atoms with Crippen molar-refractivity contribution < 1.29 is 4.79 Å². The Morgan fingerprint density at radius 1 is 0.968 bits per heavy atom. The molecule has 1 aromatic heterocycles. The van der Waals surface area contributed by atoms with Crippen LogP contribution >= 0.6 is 11.3 Å². The number of carbonyl (C=O) groups is 1. The minimum Gasteiger partial charge on any atom is -0.345 e. The monoisotopic (exact) mass is 429 g/mol. The van der Waals surface area contributed by atoms with Crippen molar-refractivity contribution in [2.24, 2.45) is 0 Å². The lowest BCUT2D eigenvalue weighted by molar-refractivity contribution is -0.130. The molecule has 0 bridgehead atoms. The molecule has 0 unspecified atom stereocenters. The van der Waals surface area contributed by atoms with Gasteiger partial charge in [-0.2, -0.15) is 0 Å². The van der Waals surface area contributed by atoms with Gasteiger partial charge in [0.15, 0.2) is 5.13 Å². The number of hydrogen-bond acceptors (Lipinski definition) is 4. The van der Waals surface area contributed by atoms with Crippen LogP contribution in [0, 0.1) is 0 Å². The highest BCUT2D eigenvalue weighted by molar-refractivity contribution is 7.22. The lowest BCUT2D eigenvalue weighted by Crippen LogP contribution is -2.49. The number of aromatic nitrogens is 1. The Morgan fingerprint density at radius 3 is 2.52 bits per heavy atom. The Hall–Kier alpha value is -2.92. The van der Waals surface area contributed by atoms with Crippen LogP contribution in [0.25, 0.3) is 21.0 Å². The predicted octanol–water partition coefficient (Wildman–Crippen LogP) is 5.46. The van der Waals surface area contributed by atoms with Gasteiger partial charge in [-0.3, -0.25) is 4.79 Å². The first-order valence-electron chi connectivity index (χ1n) is 11.0. The number of piperazine rings is 1. The molecule has 0 atom stereocenters. The number of anilines is 1. The maximum atomic E-state index is 12.9. The largest absolute Gasteiger partial charge is 0.345 e. The van der Waals surface area contributed by atoms with E-state index in [1.807, 2.05) is 17.0 Å². The average Bonchev–Trinajstić information content (AvgIpc) is 3.23. The molecule has 2 heterocycles. The first-order chi connectivity index (χ1) is 15.1. The number of benzene rings is 3. The molecule has 0 saturated carbocycles. The number of nitrogens with zero attached hydrogens (tertiary/aromatic N) is 3. The summed E-state index contributed by atoms with van der Waals surface area (Å²) < 4.78 is 1.25. The van der Waals surface area contributed by atoms with Crippen LogP contribution in [0.3, 0.4) is 0 Å². The van der Waals surface area contributed by atoms with Crippen LogP contribution in [0.5, 0.6) is 0 Å². The number of thiazole rings is 1. The van der Waals surface area contributed by atoms with E-state index >= 15 is 0 Å². The highest BCUT2D eigenvalue weighted by atomic mass is 32.1. The van der Waals surface area contributed by atoms with E-state index in [4.69, 9.17) is 4.98 Å². The van der Waals surface area contributed by atoms with E-state index in [-0.39, 0.29) is 5.91 Å². The number of amides is 1. The number of para-hydroxylation sites is 1. The average molecular weight is 430 g/mol. The van der Waals surface area contributed by atoms with Gasteiger partial charge in [-0.25, -0.2) is 4.98 Å². The summed E-state index contributed by atoms with van der Waals surface area (Å²) in [6.45, 7) is 7.60. The molecule has 1 saturated heterocycles. The molecule has 1 aliphatic heterocycles. The first-order valence-corrected chi connectivity index (χ1v) is 11.8. The number of hydrogen-bond donors (Lipinski definition) is 0. The van der Waals surface area contributed by atoms with Crippen molar-refractivity contribution in [2.75, 3.05) is 31.1 Å². The second kappa shape index (κ2) is 8.31. The molecule has 0 radical (unpaired) electrons. The summed E-state index contributed by atoms with van der Waals surface area (Å²) in [6, 6.07) is 21.1. The van der Waals surface area contributed by atoms with Crippen molar-refractivity contribution in [3.63, 3.8) is 0 Å². The predicted molar refractivity (Wildman–Crippen MR) is 130 cm³/mol. The lowest BCUT2D eigenvalue weighted by Gasteiger charge is -2.34. The molecule has 0 N–H and O–H groups in total. The van der Waals surface area contributed by atoms with Gasteiger partial charge in [0.1, 0.15) is 0 Å². The minimum atomic E-state index is 0.210. The zero-order valence-corrected chi connectivity index (χ0v) is 18.9. The summed E-state index contributed by atoms with van der Waals surface area (Å²) in [5.41, 5.74) is 3.52. The molecule has 31 heavy (non-hydrogen) atoms. The molecule has 158 valence electrons. The Morgan fingerprint density at radius 2 is 1.74 bits per heavy atom. The quantitative estimate of drug-likeness (QED) is 0.432. The molecular formula is C26H27N3OS. The van der Waals surface area contributed by atoms with Gasteiger partial charge >= 0.3 is 0 Å². The molecular weight excluding hydrogens is 402 g/mol. The summed E-state index contributed by atoms with van der Waals surface area (Å²) >= 11 is 1.76. The Bertz CT molecular complexity index is 1240. The maximum absolute atomic E-state index is 12.9. The summed E-state index contributed by atoms with van der Waals surface area (Å²) in [6.07, 6.45) is 0.462. The zero-order valence-electron chi connectivity index (χ0n) is 18.0. The normalized spacial score (nSPS) is 14.7. The molecule has 0 spiro atoms. The third-order valence-electron chi connectivity index (χ3n) is 6.13. The highest BCUT2D eigenvalue weighted by Crippen LogP contribution is 2.33. The topological polar surface area (TPSA) is 36.4 Å². The summed E-state index contributed by atoms with van der Waals surface area (Å²) in [7, 11) is 0. The van der Waals surface area contributed by atoms with Gasteiger partial charge in [0.25, 0.3) is 0 Å². The van der Waals surface area contributed by atoms with Gasteiger partial charge in [0.2, 0.25) is 5.91 Å². The van der Waals surface area contributed by atoms with Crippen molar-refractivity contribution in [2.45, 2.75) is 26.2 Å². The van der Waals surface area contributed by atoms with Crippen LogP contribution in [-0.2, 0) is 11.2 Å². The van der Waals surface area contributed by atoms with Crippen molar-refractivity contribution in [3.8, 4) is 0 Å². The zero-order chi connectivity index (χ0) is 21.4. The fraction of sp³-hybridized carbons (Fsp3) is 0.308. The number of rotatable bonds is 4. The Balaban J connectivity index is 1.25. The molecule has 5 heteroatoms. The third-order valence-corrected chi connectivity index (χ3v) is 7.21. The van der Waals surface area contributed by atoms with Gasteiger partial charge in [-0.15, -0.1) is 0 Å². The summed E-state index contributed by atoms with van der Waals surface area (Å²) in [5, 5.41) is 3.47. The van der Waals surface area contributed by atoms with Gasteiger partial charge in [0, 0.05) is 26.2 Å². The maximum Gasteiger partial charge on any atom is 0.227 e. The molecule has 1 aliphatic rings. The Kier molecular flexibility index (Phi) is 5.36. The van der Waals surface area contributed by atoms with Crippen LogP contribution in [0.4, 0.5) is 5.13 Å². The lowest BCUT2D eigenvalue weighted by atomic mass is 10.0. The molecule has 5 rings (SSSR count). The molecule has 1 fully saturated rings. The molecule has 4 nitrogen and oxygen atoms in total. The number of fused-ring (bicyclic) bond motifs is 2. The van der Waals surface area contributed by atoms with Crippen molar-refractivity contribution in [1.82, 2.24) is 9.88 Å². The van der Waals surface area contributed by atoms with Crippen molar-refractivity contribution in [1.29, 1.82) is 0 Å². The van der Waals surface area contributed by atoms with E-state index in [0.717, 1.165) is 42.4 Å². The van der Waals surface area contributed by atoms with E-state index in [0.29, 0.717) is 12.3 Å². The van der Waals surface area contributed by atoms with E-state index in [9.17, 15) is 4.79 Å². The minimum absolute atomic E-state index is 0.210. The van der Waals surface area contributed by atoms with E-state index < -0.39 is 0 Å². The van der Waals surface area contributed by atoms with E-state index in [1.54, 1.807) is 11.3 Å². The number of carbonyl (C=O) groups excluding carboxylic acids is 1. The summed E-state index contributed by atoms with van der Waals surface area (Å²) in [4.78, 5) is 22.2. The standard InChI is InChI=1S/C26H27N3OS/c1-18(2)22-8-5-9-23-25(22)27-26(31-23)29-14-12-28(13-15-29)24(30)17-19-10-11-20-6-3-4-7-21(20)16-19/h3-11,16,18H,12-15,17H2,1-2H3. The van der Waals surface area contributed by atoms with Gasteiger partial charge in [-0.05, 0) is 33.9 Å². The SMILES string of the molecule is CC(C)c1cccc2sc(N3CCN(C(=O)Cc4ccc5ccccc5c4)CC3)nc12. The van der Waals surface area contributed by atoms with Crippen LogP contribution in [0.15, 0.2) is 60.7 Å². The smallest absolute Gasteiger partial charge is 0.227 e. The first kappa shape index (κ1) is 20.0. The molecule has 1 amide bonds. The molecule has 3 aromatic carbocycles. The van der Waals surface area contributed by atoms with E-state index in [2.05, 4.69) is 67.3 Å². The van der Waals surface area contributed by atoms with Gasteiger partial charge < -0.3 is 9.80 Å². The van der Waals surface area contributed by atoms with Gasteiger partial charge in [0.05, 0.1) is 16.6 Å². The third kappa shape index (κ3) is 4.02. The molecule has 4 aromatic rings. The molecule has 0 aliphatic carbocycles. The van der Waals surface area contributed by atoms with E-state index in [1.165, 1.54) is 21.0 Å².